The number of carbonyl (C=O) groups is 4. The van der Waals surface area contributed by atoms with Crippen LogP contribution in [0.15, 0.2) is 60.7 Å². The minimum absolute atomic E-state index is 0.00215. The van der Waals surface area contributed by atoms with E-state index in [9.17, 15) is 29.4 Å². The predicted molar refractivity (Wildman–Crippen MR) is 198 cm³/mol. The molecule has 0 saturated heterocycles. The van der Waals surface area contributed by atoms with Crippen molar-refractivity contribution in [1.29, 1.82) is 0 Å². The Morgan fingerprint density at radius 3 is 1.10 bits per heavy atom. The lowest BCUT2D eigenvalue weighted by atomic mass is 9.90. The maximum absolute atomic E-state index is 13.1. The Hall–Kier alpha value is -5.64. The van der Waals surface area contributed by atoms with Gasteiger partial charge in [0.25, 0.3) is 11.8 Å². The van der Waals surface area contributed by atoms with Crippen LogP contribution in [0.3, 0.4) is 0 Å². The maximum Gasteiger partial charge on any atom is 0.260 e. The third-order valence-corrected chi connectivity index (χ3v) is 9.64. The van der Waals surface area contributed by atoms with E-state index in [0.29, 0.717) is 93.3 Å². The predicted octanol–water partition coefficient (Wildman–Crippen LogP) is 5.89. The van der Waals surface area contributed by atoms with Crippen LogP contribution in [0, 0.1) is 0 Å². The first kappa shape index (κ1) is 37.6. The molecule has 8 bridgehead atoms. The fraction of sp³-hybridized carbons (Fsp3) is 0.333. The van der Waals surface area contributed by atoms with Crippen LogP contribution < -0.4 is 9.47 Å². The maximum atomic E-state index is 13.1. The number of hydrogen-bond donors (Lipinski definition) is 2. The smallest absolute Gasteiger partial charge is 0.260 e. The van der Waals surface area contributed by atoms with Crippen molar-refractivity contribution in [3.63, 3.8) is 0 Å². The van der Waals surface area contributed by atoms with Crippen molar-refractivity contribution < 1.29 is 38.9 Å². The van der Waals surface area contributed by atoms with Crippen LogP contribution in [0.4, 0.5) is 0 Å². The first-order valence-corrected chi connectivity index (χ1v) is 17.8. The van der Waals surface area contributed by atoms with Gasteiger partial charge in [-0.25, -0.2) is 0 Å². The topological polar surface area (TPSA) is 134 Å². The van der Waals surface area contributed by atoms with E-state index >= 15 is 0 Å². The molecule has 5 rings (SSSR count). The fourth-order valence-corrected chi connectivity index (χ4v) is 6.88. The SMILES string of the molecule is CCN(CC)C(=O)COc1c2cccc1Cc1cc(C=O)cc(c1O)Cc1cccc(c1OCC(=O)N(CC)CC)Cc1cc(C=O)cc(c1O)C2. The van der Waals surface area contributed by atoms with Crippen LogP contribution in [0.1, 0.15) is 92.9 Å². The molecule has 272 valence electrons. The summed E-state index contributed by atoms with van der Waals surface area (Å²) in [5, 5.41) is 23.5. The van der Waals surface area contributed by atoms with E-state index in [1.165, 1.54) is 0 Å². The van der Waals surface area contributed by atoms with E-state index in [1.807, 2.05) is 64.1 Å². The standard InChI is InChI=1S/C42H46N2O8/c1-5-43(6-2)37(47)25-51-41-29-11-9-12-30(41)20-34-16-28(24-46)18-36(40(34)50)22-32-14-10-13-31(42(32)52-26-38(48)44(7-3)8-4)21-35-17-27(23-45)15-33(19-29)39(35)49/h9-18,23-24,49-50H,5-8,19-22,25-26H2,1-4H3. The van der Waals surface area contributed by atoms with E-state index in [-0.39, 0.29) is 62.2 Å². The summed E-state index contributed by atoms with van der Waals surface area (Å²) >= 11 is 0. The van der Waals surface area contributed by atoms with Crippen molar-refractivity contribution in [3.8, 4) is 23.0 Å². The van der Waals surface area contributed by atoms with Crippen molar-refractivity contribution in [1.82, 2.24) is 9.80 Å². The number of rotatable bonds is 12. The monoisotopic (exact) mass is 706 g/mol. The molecule has 52 heavy (non-hydrogen) atoms. The summed E-state index contributed by atoms with van der Waals surface area (Å²) in [4.78, 5) is 53.9. The second-order valence-corrected chi connectivity index (χ2v) is 12.8. The number of carbonyl (C=O) groups excluding carboxylic acids is 4. The highest BCUT2D eigenvalue weighted by Gasteiger charge is 2.23. The average molecular weight is 707 g/mol. The zero-order valence-electron chi connectivity index (χ0n) is 30.2. The lowest BCUT2D eigenvalue weighted by Crippen LogP contribution is -2.34. The second kappa shape index (κ2) is 17.0. The quantitative estimate of drug-likeness (QED) is 0.154. The van der Waals surface area contributed by atoms with Crippen LogP contribution in [-0.2, 0) is 35.3 Å². The van der Waals surface area contributed by atoms with E-state index < -0.39 is 0 Å². The van der Waals surface area contributed by atoms with Gasteiger partial charge in [-0.1, -0.05) is 36.4 Å². The number of amides is 2. The summed E-state index contributed by atoms with van der Waals surface area (Å²) in [6.07, 6.45) is 2.12. The Balaban J connectivity index is 1.71. The van der Waals surface area contributed by atoms with Gasteiger partial charge in [0, 0.05) is 63.0 Å². The number of ether oxygens (including phenoxy) is 2. The molecule has 0 atom stereocenters. The van der Waals surface area contributed by atoms with Crippen LogP contribution in [0.25, 0.3) is 0 Å². The highest BCUT2D eigenvalue weighted by Crippen LogP contribution is 2.39. The van der Waals surface area contributed by atoms with Gasteiger partial charge in [0.1, 0.15) is 35.6 Å². The zero-order chi connectivity index (χ0) is 37.4. The van der Waals surface area contributed by atoms with Gasteiger partial charge in [-0.3, -0.25) is 19.2 Å². The molecule has 1 aliphatic rings. The van der Waals surface area contributed by atoms with E-state index in [2.05, 4.69) is 0 Å². The third-order valence-electron chi connectivity index (χ3n) is 9.64. The van der Waals surface area contributed by atoms with Crippen LogP contribution >= 0.6 is 0 Å². The highest BCUT2D eigenvalue weighted by molar-refractivity contribution is 5.79. The van der Waals surface area contributed by atoms with Crippen molar-refractivity contribution in [3.05, 3.63) is 116 Å². The molecule has 0 aromatic heterocycles. The molecule has 10 nitrogen and oxygen atoms in total. The fourth-order valence-electron chi connectivity index (χ4n) is 6.88. The number of fused-ring (bicyclic) bond motifs is 8. The number of phenols is 2. The van der Waals surface area contributed by atoms with Crippen LogP contribution in [0.2, 0.25) is 0 Å². The number of aldehydes is 2. The molecule has 0 spiro atoms. The molecule has 2 N–H and O–H groups in total. The molecule has 4 aromatic rings. The lowest BCUT2D eigenvalue weighted by Gasteiger charge is -2.23. The zero-order valence-corrected chi connectivity index (χ0v) is 30.2. The molecule has 0 unspecified atom stereocenters. The minimum Gasteiger partial charge on any atom is -0.507 e. The molecule has 1 aliphatic carbocycles. The summed E-state index contributed by atoms with van der Waals surface area (Å²) in [6.45, 7) is 9.24. The summed E-state index contributed by atoms with van der Waals surface area (Å²) in [6, 6.07) is 17.6. The summed E-state index contributed by atoms with van der Waals surface area (Å²) < 4.78 is 12.6. The molecule has 0 saturated carbocycles. The van der Waals surface area contributed by atoms with Crippen molar-refractivity contribution >= 4 is 24.4 Å². The molecule has 4 aromatic carbocycles. The Bertz CT molecular complexity index is 1730. The van der Waals surface area contributed by atoms with Gasteiger partial charge in [0.05, 0.1) is 0 Å². The molecule has 10 heteroatoms. The van der Waals surface area contributed by atoms with Gasteiger partial charge in [0.15, 0.2) is 13.2 Å². The summed E-state index contributed by atoms with van der Waals surface area (Å²) in [5.41, 5.74) is 5.30. The normalized spacial score (nSPS) is 12.1. The number of likely N-dealkylation sites (N-methyl/N-ethyl adjacent to an activating group) is 2. The summed E-state index contributed by atoms with van der Waals surface area (Å²) in [5.74, 6) is 0.469. The molecule has 0 heterocycles. The van der Waals surface area contributed by atoms with Gasteiger partial charge in [-0.2, -0.15) is 0 Å². The average Bonchev–Trinajstić information content (AvgIpc) is 3.14. The Labute approximate surface area is 304 Å². The third kappa shape index (κ3) is 8.28. The molecule has 0 fully saturated rings. The van der Waals surface area contributed by atoms with Crippen molar-refractivity contribution in [2.45, 2.75) is 53.4 Å². The van der Waals surface area contributed by atoms with Crippen molar-refractivity contribution in [2.75, 3.05) is 39.4 Å². The Morgan fingerprint density at radius 2 is 0.846 bits per heavy atom. The number of para-hydroxylation sites is 2. The van der Waals surface area contributed by atoms with Gasteiger partial charge < -0.3 is 29.5 Å². The molecule has 0 aliphatic heterocycles. The van der Waals surface area contributed by atoms with Gasteiger partial charge in [0.2, 0.25) is 0 Å². The van der Waals surface area contributed by atoms with E-state index in [4.69, 9.17) is 9.47 Å². The second-order valence-electron chi connectivity index (χ2n) is 12.8. The number of aromatic hydroxyl groups is 2. The summed E-state index contributed by atoms with van der Waals surface area (Å²) in [7, 11) is 0. The van der Waals surface area contributed by atoms with E-state index in [1.54, 1.807) is 34.1 Å². The Morgan fingerprint density at radius 1 is 0.558 bits per heavy atom. The minimum atomic E-state index is -0.225. The molecular formula is C42H46N2O8. The van der Waals surface area contributed by atoms with E-state index in [0.717, 1.165) is 12.6 Å². The largest absolute Gasteiger partial charge is 0.507 e. The first-order valence-electron chi connectivity index (χ1n) is 17.8. The first-order chi connectivity index (χ1) is 25.1. The number of nitrogens with zero attached hydrogens (tertiary/aromatic N) is 2. The van der Waals surface area contributed by atoms with Gasteiger partial charge in [-0.05, 0) is 96.5 Å². The molecule has 0 radical (unpaired) electrons. The number of benzene rings is 4. The van der Waals surface area contributed by atoms with Gasteiger partial charge in [-0.15, -0.1) is 0 Å². The molecule has 2 amide bonds. The van der Waals surface area contributed by atoms with Crippen LogP contribution in [0.5, 0.6) is 23.0 Å². The number of phenolic OH excluding ortho intramolecular Hbond substituents is 2. The van der Waals surface area contributed by atoms with Gasteiger partial charge >= 0.3 is 0 Å². The van der Waals surface area contributed by atoms with Crippen LogP contribution in [-0.4, -0.2) is 83.8 Å². The molecular weight excluding hydrogens is 660 g/mol. The highest BCUT2D eigenvalue weighted by atomic mass is 16.5. The Kier molecular flexibility index (Phi) is 12.3. The number of hydrogen-bond acceptors (Lipinski definition) is 8. The van der Waals surface area contributed by atoms with Crippen molar-refractivity contribution in [2.24, 2.45) is 0 Å². The lowest BCUT2D eigenvalue weighted by molar-refractivity contribution is -0.133.